The Balaban J connectivity index is 1.82. The first-order valence-electron chi connectivity index (χ1n) is 9.05. The average Bonchev–Trinajstić information content (AvgIpc) is 3.16. The predicted octanol–water partition coefficient (Wildman–Crippen LogP) is 3.40. The fraction of sp³-hybridized carbons (Fsp3) is 0.200. The van der Waals surface area contributed by atoms with Gasteiger partial charge in [0, 0.05) is 17.8 Å². The summed E-state index contributed by atoms with van der Waals surface area (Å²) in [6.07, 6.45) is 0.777. The Labute approximate surface area is 171 Å². The van der Waals surface area contributed by atoms with Crippen LogP contribution in [0.1, 0.15) is 13.3 Å². The standard InChI is InChI=1S/C20H20FN5O2S/c1-2-12-22-19(28)23-17(27)13-29-20-25-24-18(14-6-4-3-5-7-14)26(20)16-10-8-15(21)9-11-16/h3-11H,2,12-13H2,1H3,(H2,22,23,27,28). The number of hydrogen-bond donors (Lipinski definition) is 2. The van der Waals surface area contributed by atoms with E-state index >= 15 is 0 Å². The lowest BCUT2D eigenvalue weighted by Crippen LogP contribution is -2.40. The van der Waals surface area contributed by atoms with Crippen molar-refractivity contribution in [2.45, 2.75) is 18.5 Å². The number of aromatic nitrogens is 3. The highest BCUT2D eigenvalue weighted by atomic mass is 32.2. The van der Waals surface area contributed by atoms with E-state index in [1.165, 1.54) is 12.1 Å². The first kappa shape index (κ1) is 20.5. The van der Waals surface area contributed by atoms with Crippen LogP contribution in [0.4, 0.5) is 9.18 Å². The van der Waals surface area contributed by atoms with E-state index in [1.807, 2.05) is 37.3 Å². The van der Waals surface area contributed by atoms with Gasteiger partial charge in [-0.2, -0.15) is 0 Å². The van der Waals surface area contributed by atoms with E-state index in [0.717, 1.165) is 23.7 Å². The average molecular weight is 413 g/mol. The lowest BCUT2D eigenvalue weighted by atomic mass is 10.2. The van der Waals surface area contributed by atoms with Crippen molar-refractivity contribution in [2.75, 3.05) is 12.3 Å². The van der Waals surface area contributed by atoms with Gasteiger partial charge in [0.25, 0.3) is 0 Å². The summed E-state index contributed by atoms with van der Waals surface area (Å²) in [7, 11) is 0. The summed E-state index contributed by atoms with van der Waals surface area (Å²) < 4.78 is 15.1. The highest BCUT2D eigenvalue weighted by Gasteiger charge is 2.18. The molecule has 29 heavy (non-hydrogen) atoms. The minimum absolute atomic E-state index is 0.0202. The molecule has 2 aromatic carbocycles. The molecule has 0 fully saturated rings. The maximum atomic E-state index is 13.4. The predicted molar refractivity (Wildman–Crippen MR) is 109 cm³/mol. The number of urea groups is 1. The van der Waals surface area contributed by atoms with Gasteiger partial charge in [0.1, 0.15) is 5.82 Å². The zero-order valence-electron chi connectivity index (χ0n) is 15.8. The van der Waals surface area contributed by atoms with E-state index in [0.29, 0.717) is 23.2 Å². The number of carbonyl (C=O) groups excluding carboxylic acids is 2. The number of imide groups is 1. The normalized spacial score (nSPS) is 10.6. The van der Waals surface area contributed by atoms with Gasteiger partial charge >= 0.3 is 6.03 Å². The number of benzene rings is 2. The van der Waals surface area contributed by atoms with E-state index in [1.54, 1.807) is 16.7 Å². The SMILES string of the molecule is CCCNC(=O)NC(=O)CSc1nnc(-c2ccccc2)n1-c1ccc(F)cc1. The second kappa shape index (κ2) is 9.83. The lowest BCUT2D eigenvalue weighted by Gasteiger charge is -2.10. The van der Waals surface area contributed by atoms with E-state index < -0.39 is 11.9 Å². The summed E-state index contributed by atoms with van der Waals surface area (Å²) in [4.78, 5) is 23.7. The number of thioether (sulfide) groups is 1. The van der Waals surface area contributed by atoms with Crippen LogP contribution >= 0.6 is 11.8 Å². The number of rotatable bonds is 7. The number of halogens is 1. The Bertz CT molecular complexity index is 976. The van der Waals surface area contributed by atoms with Gasteiger partial charge in [0.2, 0.25) is 5.91 Å². The lowest BCUT2D eigenvalue weighted by molar-refractivity contribution is -0.117. The molecule has 0 aliphatic rings. The molecule has 2 N–H and O–H groups in total. The van der Waals surface area contributed by atoms with Gasteiger partial charge in [-0.1, -0.05) is 49.0 Å². The number of amides is 3. The van der Waals surface area contributed by atoms with Crippen LogP contribution in [0.3, 0.4) is 0 Å². The molecule has 0 radical (unpaired) electrons. The minimum Gasteiger partial charge on any atom is -0.338 e. The van der Waals surface area contributed by atoms with Gasteiger partial charge in [-0.25, -0.2) is 9.18 Å². The Hall–Kier alpha value is -3.20. The van der Waals surface area contributed by atoms with Crippen molar-refractivity contribution in [2.24, 2.45) is 0 Å². The molecule has 0 saturated heterocycles. The minimum atomic E-state index is -0.526. The molecule has 0 spiro atoms. The van der Waals surface area contributed by atoms with Crippen molar-refractivity contribution in [1.82, 2.24) is 25.4 Å². The molecule has 150 valence electrons. The third-order valence-corrected chi connectivity index (χ3v) is 4.80. The summed E-state index contributed by atoms with van der Waals surface area (Å²) in [6.45, 7) is 2.41. The summed E-state index contributed by atoms with van der Waals surface area (Å²) in [5.41, 5.74) is 1.50. The molecule has 3 rings (SSSR count). The van der Waals surface area contributed by atoms with Crippen LogP contribution in [0.2, 0.25) is 0 Å². The van der Waals surface area contributed by atoms with Gasteiger partial charge in [0.15, 0.2) is 11.0 Å². The molecule has 3 amide bonds. The van der Waals surface area contributed by atoms with Gasteiger partial charge in [-0.15, -0.1) is 10.2 Å². The second-order valence-corrected chi connectivity index (χ2v) is 7.02. The van der Waals surface area contributed by atoms with Crippen LogP contribution in [0.5, 0.6) is 0 Å². The maximum Gasteiger partial charge on any atom is 0.321 e. The highest BCUT2D eigenvalue weighted by molar-refractivity contribution is 7.99. The van der Waals surface area contributed by atoms with Crippen molar-refractivity contribution >= 4 is 23.7 Å². The molecule has 0 aliphatic heterocycles. The van der Waals surface area contributed by atoms with Crippen molar-refractivity contribution in [3.63, 3.8) is 0 Å². The quantitative estimate of drug-likeness (QED) is 0.580. The number of nitrogens with one attached hydrogen (secondary N) is 2. The zero-order valence-corrected chi connectivity index (χ0v) is 16.6. The van der Waals surface area contributed by atoms with Crippen molar-refractivity contribution < 1.29 is 14.0 Å². The van der Waals surface area contributed by atoms with Crippen molar-refractivity contribution in [3.8, 4) is 17.1 Å². The molecular formula is C20H20FN5O2S. The zero-order chi connectivity index (χ0) is 20.6. The smallest absolute Gasteiger partial charge is 0.321 e. The summed E-state index contributed by atoms with van der Waals surface area (Å²) in [5, 5.41) is 13.8. The number of nitrogens with zero attached hydrogens (tertiary/aromatic N) is 3. The highest BCUT2D eigenvalue weighted by Crippen LogP contribution is 2.27. The molecule has 0 unspecified atom stereocenters. The number of carbonyl (C=O) groups is 2. The van der Waals surface area contributed by atoms with Crippen molar-refractivity contribution in [3.05, 3.63) is 60.4 Å². The summed E-state index contributed by atoms with van der Waals surface area (Å²) in [6, 6.07) is 14.9. The number of hydrogen-bond acceptors (Lipinski definition) is 5. The largest absolute Gasteiger partial charge is 0.338 e. The van der Waals surface area contributed by atoms with E-state index in [2.05, 4.69) is 20.8 Å². The molecule has 0 bridgehead atoms. The third kappa shape index (κ3) is 5.41. The Morgan fingerprint density at radius 2 is 1.79 bits per heavy atom. The van der Waals surface area contributed by atoms with Crippen LogP contribution < -0.4 is 10.6 Å². The summed E-state index contributed by atoms with van der Waals surface area (Å²) >= 11 is 1.14. The molecule has 3 aromatic rings. The maximum absolute atomic E-state index is 13.4. The summed E-state index contributed by atoms with van der Waals surface area (Å²) in [5.74, 6) is -0.248. The molecule has 0 aliphatic carbocycles. The van der Waals surface area contributed by atoms with Gasteiger partial charge in [-0.3, -0.25) is 14.7 Å². The van der Waals surface area contributed by atoms with Crippen LogP contribution in [-0.2, 0) is 4.79 Å². The Morgan fingerprint density at radius 3 is 2.48 bits per heavy atom. The molecule has 0 saturated carbocycles. The fourth-order valence-corrected chi connectivity index (χ4v) is 3.29. The van der Waals surface area contributed by atoms with Gasteiger partial charge < -0.3 is 5.32 Å². The van der Waals surface area contributed by atoms with E-state index in [9.17, 15) is 14.0 Å². The molecule has 0 atom stereocenters. The molecule has 1 aromatic heterocycles. The third-order valence-electron chi connectivity index (χ3n) is 3.87. The fourth-order valence-electron chi connectivity index (χ4n) is 2.54. The van der Waals surface area contributed by atoms with Gasteiger partial charge in [-0.05, 0) is 30.7 Å². The van der Waals surface area contributed by atoms with Crippen LogP contribution in [0, 0.1) is 5.82 Å². The monoisotopic (exact) mass is 413 g/mol. The van der Waals surface area contributed by atoms with E-state index in [-0.39, 0.29) is 11.6 Å². The van der Waals surface area contributed by atoms with E-state index in [4.69, 9.17) is 0 Å². The van der Waals surface area contributed by atoms with Crippen LogP contribution in [0.25, 0.3) is 17.1 Å². The first-order chi connectivity index (χ1) is 14.1. The van der Waals surface area contributed by atoms with Crippen LogP contribution in [0.15, 0.2) is 59.8 Å². The molecule has 1 heterocycles. The van der Waals surface area contributed by atoms with Crippen LogP contribution in [-0.4, -0.2) is 39.0 Å². The topological polar surface area (TPSA) is 88.9 Å². The van der Waals surface area contributed by atoms with Gasteiger partial charge in [0.05, 0.1) is 5.75 Å². The second-order valence-electron chi connectivity index (χ2n) is 6.08. The molecule has 9 heteroatoms. The molecular weight excluding hydrogens is 393 g/mol. The first-order valence-corrected chi connectivity index (χ1v) is 10.0. The Morgan fingerprint density at radius 1 is 1.07 bits per heavy atom. The molecule has 7 nitrogen and oxygen atoms in total. The van der Waals surface area contributed by atoms with Crippen molar-refractivity contribution in [1.29, 1.82) is 0 Å². The Kier molecular flexibility index (Phi) is 6.96.